The van der Waals surface area contributed by atoms with Crippen LogP contribution in [0.25, 0.3) is 5.69 Å². The third kappa shape index (κ3) is 3.60. The first-order valence-electron chi connectivity index (χ1n) is 7.34. The number of benzene rings is 1. The molecule has 7 heteroatoms. The number of carbonyl (C=O) groups excluding carboxylic acids is 1. The van der Waals surface area contributed by atoms with Gasteiger partial charge >= 0.3 is 0 Å². The van der Waals surface area contributed by atoms with Crippen LogP contribution in [-0.4, -0.2) is 46.3 Å². The molecule has 0 aliphatic carbocycles. The summed E-state index contributed by atoms with van der Waals surface area (Å²) in [4.78, 5) is 26.4. The average molecular weight is 335 g/mol. The van der Waals surface area contributed by atoms with Gasteiger partial charge in [-0.1, -0.05) is 18.2 Å². The van der Waals surface area contributed by atoms with Gasteiger partial charge in [-0.15, -0.1) is 12.4 Å². The molecule has 0 saturated carbocycles. The monoisotopic (exact) mass is 334 g/mol. The van der Waals surface area contributed by atoms with Crippen LogP contribution < -0.4 is 10.9 Å². The lowest BCUT2D eigenvalue weighted by Crippen LogP contribution is -2.52. The zero-order valence-electron chi connectivity index (χ0n) is 12.8. The van der Waals surface area contributed by atoms with Crippen LogP contribution in [0.5, 0.6) is 0 Å². The minimum atomic E-state index is -0.254. The normalized spacial score (nSPS) is 17.4. The Morgan fingerprint density at radius 3 is 2.65 bits per heavy atom. The quantitative estimate of drug-likeness (QED) is 0.892. The second-order valence-corrected chi connectivity index (χ2v) is 5.36. The summed E-state index contributed by atoms with van der Waals surface area (Å²) in [6.07, 6.45) is 0. The van der Waals surface area contributed by atoms with Gasteiger partial charge < -0.3 is 10.2 Å². The second kappa shape index (κ2) is 7.39. The van der Waals surface area contributed by atoms with Crippen molar-refractivity contribution in [3.63, 3.8) is 0 Å². The SMILES string of the molecule is C[C@H]1CNCCN1C(=O)c1ccc(=O)n(-c2ccccc2)n1.Cl. The van der Waals surface area contributed by atoms with Crippen molar-refractivity contribution in [2.75, 3.05) is 19.6 Å². The topological polar surface area (TPSA) is 67.2 Å². The summed E-state index contributed by atoms with van der Waals surface area (Å²) in [7, 11) is 0. The number of aromatic nitrogens is 2. The van der Waals surface area contributed by atoms with Gasteiger partial charge in [-0.2, -0.15) is 9.78 Å². The molecule has 1 N–H and O–H groups in total. The minimum absolute atomic E-state index is 0. The first kappa shape index (κ1) is 17.2. The Bertz CT molecular complexity index is 732. The molecule has 2 aromatic rings. The van der Waals surface area contributed by atoms with Crippen molar-refractivity contribution in [2.24, 2.45) is 0 Å². The van der Waals surface area contributed by atoms with E-state index in [9.17, 15) is 9.59 Å². The fourth-order valence-electron chi connectivity index (χ4n) is 2.57. The summed E-state index contributed by atoms with van der Waals surface area (Å²) in [6, 6.07) is 12.1. The summed E-state index contributed by atoms with van der Waals surface area (Å²) >= 11 is 0. The van der Waals surface area contributed by atoms with E-state index in [1.807, 2.05) is 25.1 Å². The van der Waals surface area contributed by atoms with Gasteiger partial charge in [0.1, 0.15) is 5.69 Å². The Labute approximate surface area is 140 Å². The Kier molecular flexibility index (Phi) is 5.52. The number of para-hydroxylation sites is 1. The van der Waals surface area contributed by atoms with E-state index in [2.05, 4.69) is 10.4 Å². The summed E-state index contributed by atoms with van der Waals surface area (Å²) in [5.74, 6) is -0.140. The van der Waals surface area contributed by atoms with E-state index in [0.29, 0.717) is 12.2 Å². The van der Waals surface area contributed by atoms with Crippen molar-refractivity contribution in [2.45, 2.75) is 13.0 Å². The fraction of sp³-hybridized carbons (Fsp3) is 0.312. The summed E-state index contributed by atoms with van der Waals surface area (Å²) in [6.45, 7) is 4.18. The number of amides is 1. The zero-order chi connectivity index (χ0) is 15.5. The van der Waals surface area contributed by atoms with Crippen LogP contribution in [0.1, 0.15) is 17.4 Å². The number of nitrogens with one attached hydrogen (secondary N) is 1. The van der Waals surface area contributed by atoms with Crippen molar-refractivity contribution in [1.29, 1.82) is 0 Å². The molecule has 1 fully saturated rings. The molecule has 2 heterocycles. The second-order valence-electron chi connectivity index (χ2n) is 5.36. The first-order chi connectivity index (χ1) is 10.7. The maximum absolute atomic E-state index is 12.6. The van der Waals surface area contributed by atoms with Crippen LogP contribution in [0.4, 0.5) is 0 Å². The van der Waals surface area contributed by atoms with E-state index in [0.717, 1.165) is 13.1 Å². The lowest BCUT2D eigenvalue weighted by atomic mass is 10.2. The highest BCUT2D eigenvalue weighted by Gasteiger charge is 2.25. The molecule has 3 rings (SSSR count). The Morgan fingerprint density at radius 2 is 1.96 bits per heavy atom. The molecule has 0 unspecified atom stereocenters. The molecule has 1 saturated heterocycles. The van der Waals surface area contributed by atoms with Crippen LogP contribution in [0, 0.1) is 0 Å². The first-order valence-corrected chi connectivity index (χ1v) is 7.34. The van der Waals surface area contributed by atoms with Gasteiger partial charge in [0.15, 0.2) is 0 Å². The van der Waals surface area contributed by atoms with Crippen LogP contribution in [-0.2, 0) is 0 Å². The summed E-state index contributed by atoms with van der Waals surface area (Å²) in [5, 5.41) is 7.49. The molecular formula is C16H19ClN4O2. The van der Waals surface area contributed by atoms with E-state index in [-0.39, 0.29) is 35.6 Å². The van der Waals surface area contributed by atoms with Gasteiger partial charge in [0, 0.05) is 31.7 Å². The number of piperazine rings is 1. The average Bonchev–Trinajstić information content (AvgIpc) is 2.56. The van der Waals surface area contributed by atoms with Crippen LogP contribution >= 0.6 is 12.4 Å². The van der Waals surface area contributed by atoms with Gasteiger partial charge in [-0.3, -0.25) is 9.59 Å². The summed E-state index contributed by atoms with van der Waals surface area (Å²) < 4.78 is 1.26. The molecule has 1 aromatic carbocycles. The third-order valence-corrected chi connectivity index (χ3v) is 3.78. The molecule has 0 bridgehead atoms. The molecule has 0 radical (unpaired) electrons. The molecule has 1 amide bonds. The molecule has 1 aromatic heterocycles. The van der Waals surface area contributed by atoms with E-state index < -0.39 is 0 Å². The molecule has 1 aliphatic heterocycles. The maximum Gasteiger partial charge on any atom is 0.274 e. The standard InChI is InChI=1S/C16H18N4O2.ClH/c1-12-11-17-9-10-19(12)16(22)14-7-8-15(21)20(18-14)13-5-3-2-4-6-13;/h2-8,12,17H,9-11H2,1H3;1H/t12-;/m0./s1. The van der Waals surface area contributed by atoms with Crippen molar-refractivity contribution in [3.05, 3.63) is 58.5 Å². The van der Waals surface area contributed by atoms with E-state index in [1.54, 1.807) is 17.0 Å². The molecule has 122 valence electrons. The molecular weight excluding hydrogens is 316 g/mol. The number of rotatable bonds is 2. The lowest BCUT2D eigenvalue weighted by Gasteiger charge is -2.33. The van der Waals surface area contributed by atoms with Gasteiger partial charge in [0.2, 0.25) is 0 Å². The van der Waals surface area contributed by atoms with Gasteiger partial charge in [-0.05, 0) is 25.1 Å². The fourth-order valence-corrected chi connectivity index (χ4v) is 2.57. The van der Waals surface area contributed by atoms with E-state index >= 15 is 0 Å². The number of hydrogen-bond donors (Lipinski definition) is 1. The molecule has 1 aliphatic rings. The third-order valence-electron chi connectivity index (χ3n) is 3.78. The Balaban J connectivity index is 0.00000192. The van der Waals surface area contributed by atoms with Gasteiger partial charge in [-0.25, -0.2) is 0 Å². The summed E-state index contributed by atoms with van der Waals surface area (Å²) in [5.41, 5.74) is 0.684. The lowest BCUT2D eigenvalue weighted by molar-refractivity contribution is 0.0647. The number of nitrogens with zero attached hydrogens (tertiary/aromatic N) is 3. The predicted octanol–water partition coefficient (Wildman–Crippen LogP) is 1.09. The Hall–Kier alpha value is -2.18. The van der Waals surface area contributed by atoms with Crippen molar-refractivity contribution in [1.82, 2.24) is 20.0 Å². The van der Waals surface area contributed by atoms with E-state index in [1.165, 1.54) is 16.8 Å². The number of halogens is 1. The van der Waals surface area contributed by atoms with E-state index in [4.69, 9.17) is 0 Å². The maximum atomic E-state index is 12.6. The van der Waals surface area contributed by atoms with Crippen LogP contribution in [0.3, 0.4) is 0 Å². The largest absolute Gasteiger partial charge is 0.332 e. The van der Waals surface area contributed by atoms with Crippen LogP contribution in [0.15, 0.2) is 47.3 Å². The predicted molar refractivity (Wildman–Crippen MR) is 90.5 cm³/mol. The highest BCUT2D eigenvalue weighted by Crippen LogP contribution is 2.09. The number of hydrogen-bond acceptors (Lipinski definition) is 4. The molecule has 6 nitrogen and oxygen atoms in total. The molecule has 0 spiro atoms. The van der Waals surface area contributed by atoms with Crippen molar-refractivity contribution >= 4 is 18.3 Å². The molecule has 1 atom stereocenters. The number of carbonyl (C=O) groups is 1. The highest BCUT2D eigenvalue weighted by atomic mass is 35.5. The highest BCUT2D eigenvalue weighted by molar-refractivity contribution is 5.92. The zero-order valence-corrected chi connectivity index (χ0v) is 13.6. The van der Waals surface area contributed by atoms with Crippen LogP contribution in [0.2, 0.25) is 0 Å². The Morgan fingerprint density at radius 1 is 1.22 bits per heavy atom. The smallest absolute Gasteiger partial charge is 0.274 e. The van der Waals surface area contributed by atoms with Crippen molar-refractivity contribution < 1.29 is 4.79 Å². The van der Waals surface area contributed by atoms with Gasteiger partial charge in [0.25, 0.3) is 11.5 Å². The molecule has 23 heavy (non-hydrogen) atoms. The van der Waals surface area contributed by atoms with Gasteiger partial charge in [0.05, 0.1) is 5.69 Å². The van der Waals surface area contributed by atoms with Crippen molar-refractivity contribution in [3.8, 4) is 5.69 Å². The minimum Gasteiger partial charge on any atom is -0.332 e.